The largest absolute Gasteiger partial charge is 0.328 e. The average Bonchev–Trinajstić information content (AvgIpc) is 2.10. The highest BCUT2D eigenvalue weighted by molar-refractivity contribution is 7.38. The van der Waals surface area contributed by atoms with Crippen LogP contribution in [0, 0.1) is 0 Å². The smallest absolute Gasteiger partial charge is 0.324 e. The Morgan fingerprint density at radius 1 is 0.643 bits per heavy atom. The van der Waals surface area contributed by atoms with Crippen LogP contribution < -0.4 is 0 Å². The van der Waals surface area contributed by atoms with Gasteiger partial charge in [-0.2, -0.15) is 0 Å². The molecule has 0 unspecified atom stereocenters. The summed E-state index contributed by atoms with van der Waals surface area (Å²) in [6, 6.07) is 0. The summed E-state index contributed by atoms with van der Waals surface area (Å²) in [5.41, 5.74) is 0. The Hall–Kier alpha value is 0.310. The summed E-state index contributed by atoms with van der Waals surface area (Å²) in [6.45, 7) is 4.54. The van der Waals surface area contributed by atoms with Gasteiger partial charge in [0.2, 0.25) is 0 Å². The summed E-state index contributed by atoms with van der Waals surface area (Å²) in [5, 5.41) is 0. The Kier molecular flexibility index (Phi) is 18.8. The second-order valence-electron chi connectivity index (χ2n) is 3.39. The van der Waals surface area contributed by atoms with Crippen molar-refractivity contribution in [3.8, 4) is 0 Å². The summed E-state index contributed by atoms with van der Waals surface area (Å²) >= 11 is 0. The van der Waals surface area contributed by atoms with Crippen LogP contribution in [0.15, 0.2) is 0 Å². The van der Waals surface area contributed by atoms with E-state index in [9.17, 15) is 0 Å². The Morgan fingerprint density at radius 2 is 0.857 bits per heavy atom. The van der Waals surface area contributed by atoms with Gasteiger partial charge in [-0.3, -0.25) is 0 Å². The Morgan fingerprint density at radius 3 is 1.07 bits per heavy atom. The first-order valence-electron chi connectivity index (χ1n) is 5.51. The molecule has 0 spiro atoms. The molecule has 0 heterocycles. The molecule has 0 aliphatic carbocycles. The first kappa shape index (κ1) is 16.7. The fourth-order valence-electron chi connectivity index (χ4n) is 1.21. The summed E-state index contributed by atoms with van der Waals surface area (Å²) in [6.07, 6.45) is 11.5. The molecule has 0 aliphatic rings. The van der Waals surface area contributed by atoms with Crippen molar-refractivity contribution < 1.29 is 14.7 Å². The monoisotopic (exact) mass is 224 g/mol. The van der Waals surface area contributed by atoms with Gasteiger partial charge in [0.25, 0.3) is 0 Å². The third-order valence-corrected chi connectivity index (χ3v) is 1.96. The van der Waals surface area contributed by atoms with Crippen molar-refractivity contribution in [3.63, 3.8) is 0 Å². The van der Waals surface area contributed by atoms with Crippen molar-refractivity contribution in [2.45, 2.75) is 65.2 Å². The second-order valence-corrected chi connectivity index (χ2v) is 3.93. The molecule has 0 radical (unpaired) electrons. The Balaban J connectivity index is 0. The van der Waals surface area contributed by atoms with Gasteiger partial charge in [-0.05, 0) is 0 Å². The zero-order chi connectivity index (χ0) is 11.2. The molecule has 0 fully saturated rings. The van der Waals surface area contributed by atoms with Crippen molar-refractivity contribution in [2.24, 2.45) is 0 Å². The Labute approximate surface area is 89.2 Å². The minimum Gasteiger partial charge on any atom is -0.328 e. The lowest BCUT2D eigenvalue weighted by molar-refractivity contribution is 0.368. The van der Waals surface area contributed by atoms with Gasteiger partial charge < -0.3 is 14.7 Å². The van der Waals surface area contributed by atoms with E-state index in [2.05, 4.69) is 13.8 Å². The molecular weight excluding hydrogens is 199 g/mol. The van der Waals surface area contributed by atoms with Crippen LogP contribution in [0.3, 0.4) is 0 Å². The van der Waals surface area contributed by atoms with Crippen molar-refractivity contribution in [3.05, 3.63) is 0 Å². The van der Waals surface area contributed by atoms with Crippen molar-refractivity contribution in [2.75, 3.05) is 0 Å². The maximum Gasteiger partial charge on any atom is 0.324 e. The SMILES string of the molecule is CCCCCCCCCC.OP(O)O. The number of hydrogen-bond donors (Lipinski definition) is 3. The van der Waals surface area contributed by atoms with E-state index in [1.165, 1.54) is 51.4 Å². The van der Waals surface area contributed by atoms with Crippen molar-refractivity contribution >= 4 is 8.60 Å². The highest BCUT2D eigenvalue weighted by Gasteiger charge is 1.87. The van der Waals surface area contributed by atoms with Crippen LogP contribution in [0.25, 0.3) is 0 Å². The van der Waals surface area contributed by atoms with Crippen LogP contribution >= 0.6 is 8.60 Å². The third-order valence-electron chi connectivity index (χ3n) is 1.96. The van der Waals surface area contributed by atoms with Gasteiger partial charge in [0.1, 0.15) is 0 Å². The predicted octanol–water partition coefficient (Wildman–Crippen LogP) is 3.34. The fraction of sp³-hybridized carbons (Fsp3) is 1.00. The summed E-state index contributed by atoms with van der Waals surface area (Å²) in [4.78, 5) is 21.7. The van der Waals surface area contributed by atoms with E-state index in [0.29, 0.717) is 0 Å². The molecule has 0 saturated heterocycles. The molecule has 3 N–H and O–H groups in total. The van der Waals surface area contributed by atoms with E-state index in [-0.39, 0.29) is 0 Å². The van der Waals surface area contributed by atoms with Crippen LogP contribution in [-0.4, -0.2) is 14.7 Å². The molecule has 0 amide bonds. The molecule has 0 aromatic heterocycles. The van der Waals surface area contributed by atoms with E-state index in [1.54, 1.807) is 0 Å². The minimum absolute atomic E-state index is 1.37. The number of hydrogen-bond acceptors (Lipinski definition) is 3. The first-order chi connectivity index (χ1) is 6.65. The zero-order valence-electron chi connectivity index (χ0n) is 9.45. The highest BCUT2D eigenvalue weighted by atomic mass is 31.2. The summed E-state index contributed by atoms with van der Waals surface area (Å²) < 4.78 is 0. The van der Waals surface area contributed by atoms with Crippen molar-refractivity contribution in [1.29, 1.82) is 0 Å². The molecular formula is C10H25O3P. The van der Waals surface area contributed by atoms with E-state index in [0.717, 1.165) is 0 Å². The molecule has 0 aliphatic heterocycles. The van der Waals surface area contributed by atoms with Gasteiger partial charge in [0, 0.05) is 0 Å². The maximum absolute atomic E-state index is 7.23. The van der Waals surface area contributed by atoms with Gasteiger partial charge in [-0.25, -0.2) is 0 Å². The average molecular weight is 224 g/mol. The van der Waals surface area contributed by atoms with Crippen LogP contribution in [0.2, 0.25) is 0 Å². The lowest BCUT2D eigenvalue weighted by Crippen LogP contribution is -1.77. The number of unbranched alkanes of at least 4 members (excludes halogenated alkanes) is 7. The topological polar surface area (TPSA) is 60.7 Å². The highest BCUT2D eigenvalue weighted by Crippen LogP contribution is 2.11. The third kappa shape index (κ3) is 29.5. The molecule has 0 aromatic carbocycles. The summed E-state index contributed by atoms with van der Waals surface area (Å²) in [7, 11) is -2.62. The Bertz CT molecular complexity index is 78.7. The van der Waals surface area contributed by atoms with E-state index in [4.69, 9.17) is 14.7 Å². The van der Waals surface area contributed by atoms with Crippen molar-refractivity contribution in [1.82, 2.24) is 0 Å². The van der Waals surface area contributed by atoms with E-state index < -0.39 is 8.60 Å². The summed E-state index contributed by atoms with van der Waals surface area (Å²) in [5.74, 6) is 0. The van der Waals surface area contributed by atoms with Gasteiger partial charge in [0.15, 0.2) is 0 Å². The normalized spacial score (nSPS) is 9.86. The maximum atomic E-state index is 7.23. The molecule has 88 valence electrons. The quantitative estimate of drug-likeness (QED) is 0.459. The lowest BCUT2D eigenvalue weighted by atomic mass is 10.1. The molecule has 0 saturated carbocycles. The van der Waals surface area contributed by atoms with E-state index >= 15 is 0 Å². The minimum atomic E-state index is -2.62. The van der Waals surface area contributed by atoms with Gasteiger partial charge >= 0.3 is 8.60 Å². The molecule has 0 atom stereocenters. The zero-order valence-corrected chi connectivity index (χ0v) is 10.3. The van der Waals surface area contributed by atoms with Gasteiger partial charge in [-0.15, -0.1) is 0 Å². The van der Waals surface area contributed by atoms with Gasteiger partial charge in [0.05, 0.1) is 0 Å². The van der Waals surface area contributed by atoms with Crippen LogP contribution in [-0.2, 0) is 0 Å². The molecule has 0 rings (SSSR count). The van der Waals surface area contributed by atoms with Crippen LogP contribution in [0.5, 0.6) is 0 Å². The fourth-order valence-corrected chi connectivity index (χ4v) is 1.21. The predicted molar refractivity (Wildman–Crippen MR) is 61.9 cm³/mol. The second kappa shape index (κ2) is 15.8. The number of rotatable bonds is 7. The molecule has 0 bridgehead atoms. The van der Waals surface area contributed by atoms with Gasteiger partial charge in [-0.1, -0.05) is 65.2 Å². The molecule has 3 nitrogen and oxygen atoms in total. The molecule has 0 aromatic rings. The van der Waals surface area contributed by atoms with Crippen LogP contribution in [0.4, 0.5) is 0 Å². The standard InChI is InChI=1S/C10H22.H3O3P/c1-3-5-7-9-10-8-6-4-2;1-4(2)3/h3-10H2,1-2H3;1-3H. The molecule has 4 heteroatoms. The first-order valence-corrected chi connectivity index (χ1v) is 6.71. The molecule has 14 heavy (non-hydrogen) atoms. The van der Waals surface area contributed by atoms with Crippen LogP contribution in [0.1, 0.15) is 65.2 Å². The lowest BCUT2D eigenvalue weighted by Gasteiger charge is -1.97. The van der Waals surface area contributed by atoms with E-state index in [1.807, 2.05) is 0 Å².